The van der Waals surface area contributed by atoms with Crippen molar-refractivity contribution in [3.63, 3.8) is 0 Å². The van der Waals surface area contributed by atoms with Crippen LogP contribution in [0.15, 0.2) is 48.5 Å². The van der Waals surface area contributed by atoms with Gasteiger partial charge in [-0.25, -0.2) is 4.79 Å². The Bertz CT molecular complexity index is 737. The van der Waals surface area contributed by atoms with Crippen LogP contribution in [0.4, 0.5) is 0 Å². The minimum atomic E-state index is -0.489. The van der Waals surface area contributed by atoms with Gasteiger partial charge < -0.3 is 18.9 Å². The second-order valence-electron chi connectivity index (χ2n) is 4.98. The van der Waals surface area contributed by atoms with Crippen molar-refractivity contribution < 1.29 is 23.7 Å². The number of carbonyl (C=O) groups excluding carboxylic acids is 1. The molecule has 0 radical (unpaired) electrons. The van der Waals surface area contributed by atoms with Gasteiger partial charge in [0, 0.05) is 6.08 Å². The SMILES string of the molecule is CCOc1ccc(/C=C/C(=O)Oc2ccccc2OC)cc1OCC. The van der Waals surface area contributed by atoms with E-state index < -0.39 is 5.97 Å². The van der Waals surface area contributed by atoms with Crippen LogP contribution in [0, 0.1) is 0 Å². The summed E-state index contributed by atoms with van der Waals surface area (Å²) >= 11 is 0. The Morgan fingerprint density at radius 2 is 1.60 bits per heavy atom. The maximum Gasteiger partial charge on any atom is 0.336 e. The molecule has 0 aliphatic carbocycles. The van der Waals surface area contributed by atoms with E-state index in [9.17, 15) is 4.79 Å². The van der Waals surface area contributed by atoms with E-state index in [-0.39, 0.29) is 0 Å². The fourth-order valence-corrected chi connectivity index (χ4v) is 2.18. The molecule has 0 aromatic heterocycles. The number of ether oxygens (including phenoxy) is 4. The molecular weight excluding hydrogens is 320 g/mol. The fraction of sp³-hybridized carbons (Fsp3) is 0.250. The molecule has 2 aromatic rings. The van der Waals surface area contributed by atoms with Crippen molar-refractivity contribution in [3.05, 3.63) is 54.1 Å². The highest BCUT2D eigenvalue weighted by molar-refractivity contribution is 5.89. The van der Waals surface area contributed by atoms with Gasteiger partial charge in [0.1, 0.15) is 0 Å². The van der Waals surface area contributed by atoms with Gasteiger partial charge in [-0.05, 0) is 49.8 Å². The molecule has 0 aliphatic rings. The van der Waals surface area contributed by atoms with Crippen molar-refractivity contribution in [1.29, 1.82) is 0 Å². The highest BCUT2D eigenvalue weighted by atomic mass is 16.6. The van der Waals surface area contributed by atoms with Gasteiger partial charge in [-0.1, -0.05) is 18.2 Å². The van der Waals surface area contributed by atoms with Gasteiger partial charge in [-0.3, -0.25) is 0 Å². The Kier molecular flexibility index (Phi) is 6.89. The van der Waals surface area contributed by atoms with Gasteiger partial charge in [0.2, 0.25) is 0 Å². The van der Waals surface area contributed by atoms with Crippen molar-refractivity contribution in [1.82, 2.24) is 0 Å². The smallest absolute Gasteiger partial charge is 0.336 e. The first kappa shape index (κ1) is 18.4. The second-order valence-corrected chi connectivity index (χ2v) is 4.98. The van der Waals surface area contributed by atoms with Crippen molar-refractivity contribution in [3.8, 4) is 23.0 Å². The van der Waals surface area contributed by atoms with Crippen LogP contribution in [-0.2, 0) is 4.79 Å². The normalized spacial score (nSPS) is 10.5. The number of hydrogen-bond donors (Lipinski definition) is 0. The van der Waals surface area contributed by atoms with Gasteiger partial charge in [-0.2, -0.15) is 0 Å². The molecule has 0 N–H and O–H groups in total. The molecule has 5 nitrogen and oxygen atoms in total. The van der Waals surface area contributed by atoms with E-state index in [4.69, 9.17) is 18.9 Å². The Labute approximate surface area is 147 Å². The molecule has 0 saturated heterocycles. The largest absolute Gasteiger partial charge is 0.493 e. The van der Waals surface area contributed by atoms with Crippen LogP contribution in [0.5, 0.6) is 23.0 Å². The molecule has 0 spiro atoms. The van der Waals surface area contributed by atoms with Crippen molar-refractivity contribution in [2.24, 2.45) is 0 Å². The molecule has 0 fully saturated rings. The van der Waals surface area contributed by atoms with Crippen LogP contribution in [0.3, 0.4) is 0 Å². The topological polar surface area (TPSA) is 54.0 Å². The molecule has 0 bridgehead atoms. The Balaban J connectivity index is 2.10. The predicted octanol–water partition coefficient (Wildman–Crippen LogP) is 4.11. The molecule has 0 atom stereocenters. The van der Waals surface area contributed by atoms with E-state index in [1.54, 1.807) is 30.3 Å². The van der Waals surface area contributed by atoms with E-state index >= 15 is 0 Å². The number of methoxy groups -OCH3 is 1. The minimum Gasteiger partial charge on any atom is -0.493 e. The van der Waals surface area contributed by atoms with Crippen LogP contribution in [0.2, 0.25) is 0 Å². The van der Waals surface area contributed by atoms with E-state index in [0.717, 1.165) is 5.56 Å². The molecule has 5 heteroatoms. The lowest BCUT2D eigenvalue weighted by molar-refractivity contribution is -0.129. The highest BCUT2D eigenvalue weighted by Gasteiger charge is 2.08. The average Bonchev–Trinajstić information content (AvgIpc) is 2.62. The summed E-state index contributed by atoms with van der Waals surface area (Å²) in [6.07, 6.45) is 3.02. The standard InChI is InChI=1S/C20H22O5/c1-4-23-17-12-10-15(14-19(17)24-5-2)11-13-20(21)25-18-9-7-6-8-16(18)22-3/h6-14H,4-5H2,1-3H3/b13-11+. The first-order chi connectivity index (χ1) is 12.2. The van der Waals surface area contributed by atoms with Gasteiger partial charge in [0.15, 0.2) is 23.0 Å². The van der Waals surface area contributed by atoms with E-state index in [0.29, 0.717) is 36.2 Å². The third-order valence-electron chi connectivity index (χ3n) is 3.26. The fourth-order valence-electron chi connectivity index (χ4n) is 2.18. The summed E-state index contributed by atoms with van der Waals surface area (Å²) in [6.45, 7) is 4.91. The third-order valence-corrected chi connectivity index (χ3v) is 3.26. The molecule has 0 aliphatic heterocycles. The summed E-state index contributed by atoms with van der Waals surface area (Å²) in [5.74, 6) is 1.71. The van der Waals surface area contributed by atoms with Crippen LogP contribution >= 0.6 is 0 Å². The summed E-state index contributed by atoms with van der Waals surface area (Å²) in [7, 11) is 1.53. The molecule has 0 saturated carbocycles. The number of rotatable bonds is 8. The van der Waals surface area contributed by atoms with Crippen LogP contribution in [0.25, 0.3) is 6.08 Å². The number of hydrogen-bond acceptors (Lipinski definition) is 5. The molecule has 0 amide bonds. The summed E-state index contributed by atoms with van der Waals surface area (Å²) in [5.41, 5.74) is 0.809. The Morgan fingerprint density at radius 1 is 0.920 bits per heavy atom. The summed E-state index contributed by atoms with van der Waals surface area (Å²) in [4.78, 5) is 12.0. The quantitative estimate of drug-likeness (QED) is 0.410. The van der Waals surface area contributed by atoms with E-state index in [1.165, 1.54) is 13.2 Å². The van der Waals surface area contributed by atoms with Gasteiger partial charge in [0.25, 0.3) is 0 Å². The highest BCUT2D eigenvalue weighted by Crippen LogP contribution is 2.29. The van der Waals surface area contributed by atoms with Crippen molar-refractivity contribution >= 4 is 12.0 Å². The number of esters is 1. The third kappa shape index (κ3) is 5.28. The number of carbonyl (C=O) groups is 1. The zero-order valence-corrected chi connectivity index (χ0v) is 14.7. The zero-order chi connectivity index (χ0) is 18.1. The number of benzene rings is 2. The lowest BCUT2D eigenvalue weighted by atomic mass is 10.2. The summed E-state index contributed by atoms with van der Waals surface area (Å²) in [5, 5.41) is 0. The molecular formula is C20H22O5. The summed E-state index contributed by atoms with van der Waals surface area (Å²) in [6, 6.07) is 12.5. The molecule has 0 unspecified atom stereocenters. The van der Waals surface area contributed by atoms with E-state index in [2.05, 4.69) is 0 Å². The first-order valence-corrected chi connectivity index (χ1v) is 8.10. The van der Waals surface area contributed by atoms with Crippen LogP contribution in [-0.4, -0.2) is 26.3 Å². The maximum absolute atomic E-state index is 12.0. The number of para-hydroxylation sites is 2. The predicted molar refractivity (Wildman–Crippen MR) is 96.4 cm³/mol. The Morgan fingerprint density at radius 3 is 2.28 bits per heavy atom. The average molecular weight is 342 g/mol. The lowest BCUT2D eigenvalue weighted by Gasteiger charge is -2.11. The Hall–Kier alpha value is -2.95. The van der Waals surface area contributed by atoms with Crippen LogP contribution in [0.1, 0.15) is 19.4 Å². The maximum atomic E-state index is 12.0. The lowest BCUT2D eigenvalue weighted by Crippen LogP contribution is -2.04. The van der Waals surface area contributed by atoms with Gasteiger partial charge >= 0.3 is 5.97 Å². The second kappa shape index (κ2) is 9.37. The molecule has 2 rings (SSSR count). The summed E-state index contributed by atoms with van der Waals surface area (Å²) < 4.78 is 21.5. The zero-order valence-electron chi connectivity index (χ0n) is 14.7. The van der Waals surface area contributed by atoms with Crippen LogP contribution < -0.4 is 18.9 Å². The minimum absolute atomic E-state index is 0.376. The van der Waals surface area contributed by atoms with Crippen molar-refractivity contribution in [2.75, 3.05) is 20.3 Å². The molecule has 0 heterocycles. The van der Waals surface area contributed by atoms with Crippen molar-refractivity contribution in [2.45, 2.75) is 13.8 Å². The van der Waals surface area contributed by atoms with E-state index in [1.807, 2.05) is 32.0 Å². The van der Waals surface area contributed by atoms with Gasteiger partial charge in [-0.15, -0.1) is 0 Å². The molecule has 2 aromatic carbocycles. The van der Waals surface area contributed by atoms with Gasteiger partial charge in [0.05, 0.1) is 20.3 Å². The molecule has 25 heavy (non-hydrogen) atoms. The molecule has 132 valence electrons. The first-order valence-electron chi connectivity index (χ1n) is 8.10. The monoisotopic (exact) mass is 342 g/mol.